The number of morpholine rings is 1. The Hall–Kier alpha value is -1.20. The second kappa shape index (κ2) is 3.43. The van der Waals surface area contributed by atoms with Gasteiger partial charge in [-0.15, -0.1) is 0 Å². The fourth-order valence-corrected chi connectivity index (χ4v) is 2.16. The van der Waals surface area contributed by atoms with Crippen molar-refractivity contribution >= 4 is 5.95 Å². The van der Waals surface area contributed by atoms with Gasteiger partial charge in [-0.1, -0.05) is 0 Å². The Labute approximate surface area is 88.5 Å². The maximum Gasteiger partial charge on any atom is 0.225 e. The predicted molar refractivity (Wildman–Crippen MR) is 55.8 cm³/mol. The Bertz CT molecular complexity index is 329. The van der Waals surface area contributed by atoms with Crippen molar-refractivity contribution < 1.29 is 4.74 Å². The highest BCUT2D eigenvalue weighted by Gasteiger charge is 2.46. The summed E-state index contributed by atoms with van der Waals surface area (Å²) in [6, 6.07) is 1.83. The normalized spacial score (nSPS) is 23.9. The standard InChI is InChI=1S/C10H14N4O/c1-2-12-9(13-3-1)14-7-10(8-14)6-11-4-5-15-10/h1-3,11H,4-8H2. The van der Waals surface area contributed by atoms with Crippen LogP contribution in [0, 0.1) is 0 Å². The van der Waals surface area contributed by atoms with Gasteiger partial charge in [0.15, 0.2) is 0 Å². The Morgan fingerprint density at radius 1 is 1.33 bits per heavy atom. The molecule has 15 heavy (non-hydrogen) atoms. The maximum absolute atomic E-state index is 5.79. The molecule has 0 atom stereocenters. The molecule has 1 aromatic rings. The van der Waals surface area contributed by atoms with Crippen LogP contribution in [-0.2, 0) is 4.74 Å². The van der Waals surface area contributed by atoms with Crippen molar-refractivity contribution in [3.63, 3.8) is 0 Å². The van der Waals surface area contributed by atoms with Crippen molar-refractivity contribution in [2.24, 2.45) is 0 Å². The molecule has 1 N–H and O–H groups in total. The van der Waals surface area contributed by atoms with Crippen molar-refractivity contribution in [3.05, 3.63) is 18.5 Å². The number of nitrogens with one attached hydrogen (secondary N) is 1. The van der Waals surface area contributed by atoms with E-state index < -0.39 is 0 Å². The fraction of sp³-hybridized carbons (Fsp3) is 0.600. The molecule has 1 aromatic heterocycles. The smallest absolute Gasteiger partial charge is 0.225 e. The lowest BCUT2D eigenvalue weighted by Crippen LogP contribution is -2.70. The third-order valence-electron chi connectivity index (χ3n) is 2.93. The van der Waals surface area contributed by atoms with E-state index in [0.717, 1.165) is 38.7 Å². The average molecular weight is 206 g/mol. The van der Waals surface area contributed by atoms with Crippen LogP contribution in [0.5, 0.6) is 0 Å². The number of hydrogen-bond donors (Lipinski definition) is 1. The van der Waals surface area contributed by atoms with E-state index in [0.29, 0.717) is 0 Å². The van der Waals surface area contributed by atoms with Crippen molar-refractivity contribution in [1.29, 1.82) is 0 Å². The monoisotopic (exact) mass is 206 g/mol. The molecule has 0 aromatic carbocycles. The molecule has 3 heterocycles. The molecule has 2 saturated heterocycles. The Morgan fingerprint density at radius 2 is 2.13 bits per heavy atom. The minimum absolute atomic E-state index is 0.0114. The highest BCUT2D eigenvalue weighted by molar-refractivity contribution is 5.37. The van der Waals surface area contributed by atoms with Crippen LogP contribution in [0.4, 0.5) is 5.95 Å². The highest BCUT2D eigenvalue weighted by atomic mass is 16.5. The lowest BCUT2D eigenvalue weighted by Gasteiger charge is -2.51. The van der Waals surface area contributed by atoms with Crippen molar-refractivity contribution in [1.82, 2.24) is 15.3 Å². The van der Waals surface area contributed by atoms with Crippen LogP contribution in [0.25, 0.3) is 0 Å². The summed E-state index contributed by atoms with van der Waals surface area (Å²) in [6.45, 7) is 4.50. The van der Waals surface area contributed by atoms with Gasteiger partial charge in [-0.05, 0) is 6.07 Å². The van der Waals surface area contributed by atoms with Gasteiger partial charge in [0.25, 0.3) is 0 Å². The van der Waals surface area contributed by atoms with E-state index in [2.05, 4.69) is 20.2 Å². The summed E-state index contributed by atoms with van der Waals surface area (Å²) >= 11 is 0. The predicted octanol–water partition coefficient (Wildman–Crippen LogP) is -0.345. The molecule has 5 nitrogen and oxygen atoms in total. The van der Waals surface area contributed by atoms with Gasteiger partial charge in [-0.3, -0.25) is 0 Å². The third kappa shape index (κ3) is 1.57. The zero-order valence-corrected chi connectivity index (χ0v) is 8.52. The summed E-state index contributed by atoms with van der Waals surface area (Å²) in [7, 11) is 0. The Kier molecular flexibility index (Phi) is 2.07. The Balaban J connectivity index is 1.66. The number of rotatable bonds is 1. The van der Waals surface area contributed by atoms with E-state index in [9.17, 15) is 0 Å². The minimum atomic E-state index is 0.0114. The van der Waals surface area contributed by atoms with Crippen LogP contribution in [0.1, 0.15) is 0 Å². The van der Waals surface area contributed by atoms with Gasteiger partial charge in [0.05, 0.1) is 19.7 Å². The summed E-state index contributed by atoms with van der Waals surface area (Å²) in [4.78, 5) is 10.6. The molecule has 2 aliphatic rings. The van der Waals surface area contributed by atoms with Gasteiger partial charge in [0, 0.05) is 25.5 Å². The van der Waals surface area contributed by atoms with Gasteiger partial charge in [-0.2, -0.15) is 0 Å². The van der Waals surface area contributed by atoms with Crippen LogP contribution in [0.15, 0.2) is 18.5 Å². The molecular formula is C10H14N4O. The van der Waals surface area contributed by atoms with Gasteiger partial charge < -0.3 is 15.0 Å². The van der Waals surface area contributed by atoms with Crippen molar-refractivity contribution in [3.8, 4) is 0 Å². The summed E-state index contributed by atoms with van der Waals surface area (Å²) < 4.78 is 5.79. The first kappa shape index (κ1) is 9.06. The molecule has 2 fully saturated rings. The summed E-state index contributed by atoms with van der Waals surface area (Å²) in [5, 5.41) is 3.36. The first-order chi connectivity index (χ1) is 7.38. The average Bonchev–Trinajstić information content (AvgIpc) is 2.28. The van der Waals surface area contributed by atoms with Crippen LogP contribution >= 0.6 is 0 Å². The molecular weight excluding hydrogens is 192 g/mol. The summed E-state index contributed by atoms with van der Waals surface area (Å²) in [5.41, 5.74) is 0.0114. The maximum atomic E-state index is 5.79. The van der Waals surface area contributed by atoms with E-state index in [1.165, 1.54) is 0 Å². The molecule has 0 saturated carbocycles. The molecule has 3 rings (SSSR count). The molecule has 80 valence electrons. The van der Waals surface area contributed by atoms with Gasteiger partial charge >= 0.3 is 0 Å². The zero-order valence-electron chi connectivity index (χ0n) is 8.52. The molecule has 0 amide bonds. The third-order valence-corrected chi connectivity index (χ3v) is 2.93. The lowest BCUT2D eigenvalue weighted by molar-refractivity contribution is -0.0834. The SMILES string of the molecule is c1cnc(N2CC3(CNCCO3)C2)nc1. The number of hydrogen-bond acceptors (Lipinski definition) is 5. The lowest BCUT2D eigenvalue weighted by atomic mass is 9.93. The second-order valence-electron chi connectivity index (χ2n) is 4.11. The topological polar surface area (TPSA) is 50.3 Å². The van der Waals surface area contributed by atoms with E-state index in [-0.39, 0.29) is 5.60 Å². The van der Waals surface area contributed by atoms with Crippen LogP contribution in [0.2, 0.25) is 0 Å². The van der Waals surface area contributed by atoms with E-state index >= 15 is 0 Å². The number of anilines is 1. The second-order valence-corrected chi connectivity index (χ2v) is 4.11. The summed E-state index contributed by atoms with van der Waals surface area (Å²) in [5.74, 6) is 0.803. The number of ether oxygens (including phenoxy) is 1. The molecule has 1 spiro atoms. The Morgan fingerprint density at radius 3 is 2.80 bits per heavy atom. The molecule has 2 aliphatic heterocycles. The van der Waals surface area contributed by atoms with Gasteiger partial charge in [0.2, 0.25) is 5.95 Å². The van der Waals surface area contributed by atoms with Crippen LogP contribution in [0.3, 0.4) is 0 Å². The highest BCUT2D eigenvalue weighted by Crippen LogP contribution is 2.28. The van der Waals surface area contributed by atoms with E-state index in [4.69, 9.17) is 4.74 Å². The van der Waals surface area contributed by atoms with E-state index in [1.54, 1.807) is 12.4 Å². The van der Waals surface area contributed by atoms with Gasteiger partial charge in [0.1, 0.15) is 5.60 Å². The molecule has 0 bridgehead atoms. The fourth-order valence-electron chi connectivity index (χ4n) is 2.16. The molecule has 0 unspecified atom stereocenters. The first-order valence-electron chi connectivity index (χ1n) is 5.25. The molecule has 0 aliphatic carbocycles. The number of nitrogens with zero attached hydrogens (tertiary/aromatic N) is 3. The largest absolute Gasteiger partial charge is 0.369 e. The quantitative estimate of drug-likeness (QED) is 0.681. The van der Waals surface area contributed by atoms with Gasteiger partial charge in [-0.25, -0.2) is 9.97 Å². The van der Waals surface area contributed by atoms with Crippen LogP contribution in [-0.4, -0.2) is 48.4 Å². The molecule has 0 radical (unpaired) electrons. The first-order valence-corrected chi connectivity index (χ1v) is 5.25. The number of aromatic nitrogens is 2. The van der Waals surface area contributed by atoms with Crippen molar-refractivity contribution in [2.45, 2.75) is 5.60 Å². The van der Waals surface area contributed by atoms with Crippen LogP contribution < -0.4 is 10.2 Å². The van der Waals surface area contributed by atoms with E-state index in [1.807, 2.05) is 6.07 Å². The van der Waals surface area contributed by atoms with Crippen molar-refractivity contribution in [2.75, 3.05) is 37.7 Å². The summed E-state index contributed by atoms with van der Waals surface area (Å²) in [6.07, 6.45) is 3.54. The zero-order chi connectivity index (χ0) is 10.1. The minimum Gasteiger partial charge on any atom is -0.369 e. The molecule has 5 heteroatoms.